The summed E-state index contributed by atoms with van der Waals surface area (Å²) in [7, 11) is 0. The Bertz CT molecular complexity index is 1880. The van der Waals surface area contributed by atoms with Crippen molar-refractivity contribution in [3.8, 4) is 17.1 Å². The summed E-state index contributed by atoms with van der Waals surface area (Å²) in [5.41, 5.74) is 6.02. The van der Waals surface area contributed by atoms with Gasteiger partial charge in [0.05, 0.1) is 30.3 Å². The number of fused-ring (bicyclic) bond motifs is 1. The predicted molar refractivity (Wildman–Crippen MR) is 157 cm³/mol. The van der Waals surface area contributed by atoms with Gasteiger partial charge in [-0.2, -0.15) is 0 Å². The van der Waals surface area contributed by atoms with Gasteiger partial charge in [-0.25, -0.2) is 9.78 Å². The van der Waals surface area contributed by atoms with Crippen LogP contribution in [0, 0.1) is 0 Å². The highest BCUT2D eigenvalue weighted by atomic mass is 35.5. The lowest BCUT2D eigenvalue weighted by molar-refractivity contribution is 0.0790. The Balaban J connectivity index is 1.91. The van der Waals surface area contributed by atoms with Gasteiger partial charge in [-0.15, -0.1) is 0 Å². The van der Waals surface area contributed by atoms with Gasteiger partial charge in [0.25, 0.3) is 5.56 Å². The van der Waals surface area contributed by atoms with Crippen LogP contribution in [0.1, 0.15) is 28.9 Å². The monoisotopic (exact) mass is 593 g/mol. The SMILES string of the molecule is CC(c1ccc(C(N)=O)cc1)n1c(=O)n(C[C@@H](O)CO)c(=O)c2c1nc(-c1ccccc1Cl)n2-c1ccc(Cl)cc1. The average Bonchev–Trinajstić information content (AvgIpc) is 3.35. The van der Waals surface area contributed by atoms with Crippen LogP contribution in [0.2, 0.25) is 10.0 Å². The number of hydrogen-bond donors (Lipinski definition) is 3. The van der Waals surface area contributed by atoms with Crippen LogP contribution in [0.3, 0.4) is 0 Å². The highest BCUT2D eigenvalue weighted by molar-refractivity contribution is 6.33. The number of imidazole rings is 1. The molecule has 0 saturated carbocycles. The number of rotatable bonds is 8. The van der Waals surface area contributed by atoms with Gasteiger partial charge in [0.1, 0.15) is 5.82 Å². The lowest BCUT2D eigenvalue weighted by atomic mass is 10.1. The second-order valence-electron chi connectivity index (χ2n) is 9.47. The number of halogens is 2. The molecule has 0 aliphatic heterocycles. The molecule has 0 spiro atoms. The standard InChI is InChI=1S/C29H25Cl2N5O5/c1-16(17-6-8-18(9-7-17)25(32)39)35-27-24(28(40)34(29(35)41)14-21(38)15-37)36(20-12-10-19(30)11-13-20)26(33-27)22-4-2-3-5-23(22)31/h2-13,16,21,37-38H,14-15H2,1H3,(H2,32,39)/t16?,21-/m1/s1. The van der Waals surface area contributed by atoms with Crippen LogP contribution in [0.15, 0.2) is 82.4 Å². The molecule has 210 valence electrons. The third-order valence-electron chi connectivity index (χ3n) is 6.84. The molecule has 5 rings (SSSR count). The molecule has 0 bridgehead atoms. The molecule has 0 aliphatic rings. The molecule has 1 amide bonds. The van der Waals surface area contributed by atoms with Gasteiger partial charge in [-0.1, -0.05) is 47.5 Å². The maximum absolute atomic E-state index is 14.0. The molecule has 2 heterocycles. The molecule has 12 heteroatoms. The average molecular weight is 594 g/mol. The van der Waals surface area contributed by atoms with E-state index in [4.69, 9.17) is 33.9 Å². The Hall–Kier alpha value is -4.22. The van der Waals surface area contributed by atoms with Gasteiger partial charge in [0.2, 0.25) is 5.91 Å². The van der Waals surface area contributed by atoms with E-state index in [2.05, 4.69) is 0 Å². The van der Waals surface area contributed by atoms with E-state index in [1.807, 2.05) is 0 Å². The molecule has 10 nitrogen and oxygen atoms in total. The zero-order chi connectivity index (χ0) is 29.4. The van der Waals surface area contributed by atoms with Crippen molar-refractivity contribution >= 4 is 40.3 Å². The van der Waals surface area contributed by atoms with Crippen molar-refractivity contribution in [3.05, 3.63) is 115 Å². The van der Waals surface area contributed by atoms with Crippen molar-refractivity contribution in [3.63, 3.8) is 0 Å². The molecular formula is C29H25Cl2N5O5. The fourth-order valence-corrected chi connectivity index (χ4v) is 5.07. The number of carbonyl (C=O) groups excluding carboxylic acids is 1. The summed E-state index contributed by atoms with van der Waals surface area (Å²) in [6.07, 6.45) is -1.37. The maximum Gasteiger partial charge on any atom is 0.333 e. The summed E-state index contributed by atoms with van der Waals surface area (Å²) >= 11 is 12.7. The van der Waals surface area contributed by atoms with E-state index in [0.29, 0.717) is 38.2 Å². The number of aromatic nitrogens is 4. The summed E-state index contributed by atoms with van der Waals surface area (Å²) in [6.45, 7) is 0.633. The lowest BCUT2D eigenvalue weighted by Gasteiger charge is -2.19. The Morgan fingerprint density at radius 3 is 2.27 bits per heavy atom. The summed E-state index contributed by atoms with van der Waals surface area (Å²) in [5.74, 6) is -0.295. The zero-order valence-corrected chi connectivity index (χ0v) is 23.3. The molecule has 1 unspecified atom stereocenters. The first-order valence-electron chi connectivity index (χ1n) is 12.6. The Labute approximate surface area is 243 Å². The second-order valence-corrected chi connectivity index (χ2v) is 10.3. The van der Waals surface area contributed by atoms with Gasteiger partial charge in [0.15, 0.2) is 11.2 Å². The van der Waals surface area contributed by atoms with Crippen LogP contribution in [0.4, 0.5) is 0 Å². The number of amides is 1. The molecular weight excluding hydrogens is 569 g/mol. The number of nitrogens with zero attached hydrogens (tertiary/aromatic N) is 4. The van der Waals surface area contributed by atoms with Gasteiger partial charge in [-0.3, -0.25) is 23.3 Å². The smallest absolute Gasteiger partial charge is 0.333 e. The number of aliphatic hydroxyl groups is 2. The number of benzene rings is 3. The van der Waals surface area contributed by atoms with E-state index in [0.717, 1.165) is 4.57 Å². The molecule has 0 fully saturated rings. The van der Waals surface area contributed by atoms with Crippen molar-refractivity contribution in [1.82, 2.24) is 18.7 Å². The predicted octanol–water partition coefficient (Wildman–Crippen LogP) is 3.38. The maximum atomic E-state index is 14.0. The number of hydrogen-bond acceptors (Lipinski definition) is 6. The van der Waals surface area contributed by atoms with E-state index < -0.39 is 42.5 Å². The molecule has 0 radical (unpaired) electrons. The molecule has 2 atom stereocenters. The highest BCUT2D eigenvalue weighted by Gasteiger charge is 2.27. The molecule has 5 aromatic rings. The van der Waals surface area contributed by atoms with Gasteiger partial charge in [0, 0.05) is 21.8 Å². The van der Waals surface area contributed by atoms with Gasteiger partial charge >= 0.3 is 5.69 Å². The second kappa shape index (κ2) is 11.3. The quantitative estimate of drug-likeness (QED) is 0.251. The van der Waals surface area contributed by atoms with Crippen molar-refractivity contribution in [2.45, 2.75) is 25.6 Å². The molecule has 2 aromatic heterocycles. The minimum atomic E-state index is -1.37. The summed E-state index contributed by atoms with van der Waals surface area (Å²) in [4.78, 5) is 44.3. The minimum Gasteiger partial charge on any atom is -0.394 e. The molecule has 0 saturated heterocycles. The van der Waals surface area contributed by atoms with Crippen LogP contribution < -0.4 is 17.0 Å². The normalized spacial score (nSPS) is 12.9. The molecule has 4 N–H and O–H groups in total. The third-order valence-corrected chi connectivity index (χ3v) is 7.42. The Kier molecular flexibility index (Phi) is 7.83. The number of aliphatic hydroxyl groups excluding tert-OH is 2. The van der Waals surface area contributed by atoms with E-state index in [1.54, 1.807) is 84.3 Å². The van der Waals surface area contributed by atoms with E-state index >= 15 is 0 Å². The number of carbonyl (C=O) groups is 1. The largest absolute Gasteiger partial charge is 0.394 e. The highest BCUT2D eigenvalue weighted by Crippen LogP contribution is 2.33. The van der Waals surface area contributed by atoms with Crippen molar-refractivity contribution in [2.75, 3.05) is 6.61 Å². The molecule has 0 aliphatic carbocycles. The first-order valence-corrected chi connectivity index (χ1v) is 13.3. The van der Waals surface area contributed by atoms with E-state index in [1.165, 1.54) is 4.57 Å². The topological polar surface area (TPSA) is 145 Å². The van der Waals surface area contributed by atoms with Crippen LogP contribution in [0.5, 0.6) is 0 Å². The summed E-state index contributed by atoms with van der Waals surface area (Å²) < 4.78 is 3.81. The third kappa shape index (κ3) is 5.18. The zero-order valence-electron chi connectivity index (χ0n) is 21.7. The first-order chi connectivity index (χ1) is 19.6. The summed E-state index contributed by atoms with van der Waals surface area (Å²) in [6, 6.07) is 19.4. The summed E-state index contributed by atoms with van der Waals surface area (Å²) in [5, 5.41) is 20.6. The van der Waals surface area contributed by atoms with Crippen LogP contribution in [0.25, 0.3) is 28.2 Å². The van der Waals surface area contributed by atoms with Gasteiger partial charge < -0.3 is 15.9 Å². The minimum absolute atomic E-state index is 0.0487. The molecule has 3 aromatic carbocycles. The fourth-order valence-electron chi connectivity index (χ4n) is 4.72. The van der Waals surface area contributed by atoms with Crippen molar-refractivity contribution in [2.24, 2.45) is 5.73 Å². The number of primary amides is 1. The number of nitrogens with two attached hydrogens (primary N) is 1. The van der Waals surface area contributed by atoms with E-state index in [9.17, 15) is 24.6 Å². The van der Waals surface area contributed by atoms with Crippen molar-refractivity contribution in [1.29, 1.82) is 0 Å². The first kappa shape index (κ1) is 28.3. The molecule has 41 heavy (non-hydrogen) atoms. The van der Waals surface area contributed by atoms with Gasteiger partial charge in [-0.05, 0) is 61.0 Å². The van der Waals surface area contributed by atoms with Crippen LogP contribution in [-0.2, 0) is 6.54 Å². The van der Waals surface area contributed by atoms with E-state index in [-0.39, 0.29) is 11.2 Å². The fraction of sp³-hybridized carbons (Fsp3) is 0.172. The Morgan fingerprint density at radius 2 is 1.66 bits per heavy atom. The lowest BCUT2D eigenvalue weighted by Crippen LogP contribution is -2.44. The van der Waals surface area contributed by atoms with Crippen LogP contribution >= 0.6 is 23.2 Å². The van der Waals surface area contributed by atoms with Crippen LogP contribution in [-0.4, -0.2) is 47.5 Å². The van der Waals surface area contributed by atoms with Crippen molar-refractivity contribution < 1.29 is 15.0 Å². The Morgan fingerprint density at radius 1 is 1.00 bits per heavy atom.